The van der Waals surface area contributed by atoms with E-state index in [1.807, 2.05) is 24.3 Å². The van der Waals surface area contributed by atoms with Crippen LogP contribution in [0.25, 0.3) is 0 Å². The molecule has 0 aliphatic carbocycles. The lowest BCUT2D eigenvalue weighted by Gasteiger charge is -2.55. The average Bonchev–Trinajstić information content (AvgIpc) is 3.07. The van der Waals surface area contributed by atoms with Crippen molar-refractivity contribution in [2.45, 2.75) is 193 Å². The Kier molecular flexibility index (Phi) is 14.9. The molecule has 2 atom stereocenters. The van der Waals surface area contributed by atoms with E-state index in [2.05, 4.69) is 131 Å². The first-order chi connectivity index (χ1) is 26.6. The van der Waals surface area contributed by atoms with Crippen molar-refractivity contribution in [1.82, 2.24) is 9.80 Å². The van der Waals surface area contributed by atoms with Gasteiger partial charge in [-0.05, 0) is 102 Å². The molecule has 58 heavy (non-hydrogen) atoms. The molecule has 0 radical (unpaired) electrons. The fourth-order valence-electron chi connectivity index (χ4n) is 9.32. The number of aliphatic hydroxyl groups excluding tert-OH is 2. The molecule has 2 aromatic rings. The fraction of sp³-hybridized carbons (Fsp3) is 0.708. The summed E-state index contributed by atoms with van der Waals surface area (Å²) in [5.41, 5.74) is 1.10. The molecule has 2 aliphatic rings. The molecule has 0 bridgehead atoms. The van der Waals surface area contributed by atoms with Crippen LogP contribution in [0.1, 0.15) is 147 Å². The number of hydrogen-bond acceptors (Lipinski definition) is 10. The number of β-amino-alcohol motifs (C(OH)–C–C–N with tert-alkyl or cyclic N) is 2. The van der Waals surface area contributed by atoms with Crippen molar-refractivity contribution in [3.8, 4) is 11.5 Å². The predicted molar refractivity (Wildman–Crippen MR) is 230 cm³/mol. The molecule has 326 valence electrons. The zero-order chi connectivity index (χ0) is 43.5. The SMILES string of the molecule is CC(C)(C)c1ccc(OCC(O)CN2C(C)(C)CC(OC(=O)CCC(=O)OC3CC(C)(C)N(CC(O)COc4ccc(C(C)(C)C)cc4)C(C)(C)C3)CC2(C)C)cc1. The van der Waals surface area contributed by atoms with Crippen LogP contribution in [0.15, 0.2) is 48.5 Å². The monoisotopic (exact) mass is 809 g/mol. The maximum atomic E-state index is 13.1. The van der Waals surface area contributed by atoms with Crippen molar-refractivity contribution in [3.05, 3.63) is 59.7 Å². The molecule has 2 saturated heterocycles. The van der Waals surface area contributed by atoms with Crippen LogP contribution >= 0.6 is 0 Å². The molecule has 2 fully saturated rings. The summed E-state index contributed by atoms with van der Waals surface area (Å²) >= 11 is 0. The Morgan fingerprint density at radius 1 is 0.569 bits per heavy atom. The second-order valence-electron chi connectivity index (χ2n) is 21.5. The summed E-state index contributed by atoms with van der Waals surface area (Å²) < 4.78 is 23.9. The van der Waals surface area contributed by atoms with E-state index in [0.29, 0.717) is 38.8 Å². The average molecular weight is 809 g/mol. The van der Waals surface area contributed by atoms with Crippen LogP contribution in [-0.2, 0) is 29.9 Å². The predicted octanol–water partition coefficient (Wildman–Crippen LogP) is 8.37. The Labute approximate surface area is 350 Å². The summed E-state index contributed by atoms with van der Waals surface area (Å²) in [6.07, 6.45) is 0.245. The van der Waals surface area contributed by atoms with Gasteiger partial charge in [-0.1, -0.05) is 65.8 Å². The van der Waals surface area contributed by atoms with Crippen molar-refractivity contribution in [2.24, 2.45) is 0 Å². The number of carbonyl (C=O) groups excluding carboxylic acids is 2. The van der Waals surface area contributed by atoms with Gasteiger partial charge in [0.15, 0.2) is 0 Å². The quantitative estimate of drug-likeness (QED) is 0.170. The Morgan fingerprint density at radius 2 is 0.845 bits per heavy atom. The summed E-state index contributed by atoms with van der Waals surface area (Å²) in [4.78, 5) is 30.8. The highest BCUT2D eigenvalue weighted by Crippen LogP contribution is 2.41. The van der Waals surface area contributed by atoms with Gasteiger partial charge in [0, 0.05) is 60.9 Å². The number of rotatable bonds is 15. The number of nitrogens with zero attached hydrogens (tertiary/aromatic N) is 2. The summed E-state index contributed by atoms with van der Waals surface area (Å²) in [7, 11) is 0. The van der Waals surface area contributed by atoms with E-state index in [-0.39, 0.29) is 71.2 Å². The van der Waals surface area contributed by atoms with E-state index in [1.165, 1.54) is 11.1 Å². The maximum absolute atomic E-state index is 13.1. The number of ether oxygens (including phenoxy) is 4. The molecule has 2 N–H and O–H groups in total. The van der Waals surface area contributed by atoms with Gasteiger partial charge in [-0.15, -0.1) is 0 Å². The third kappa shape index (κ3) is 13.2. The molecule has 10 nitrogen and oxygen atoms in total. The zero-order valence-electron chi connectivity index (χ0n) is 38.2. The van der Waals surface area contributed by atoms with Crippen LogP contribution in [-0.4, -0.2) is 105 Å². The van der Waals surface area contributed by atoms with Crippen LogP contribution in [0.2, 0.25) is 0 Å². The molecule has 0 saturated carbocycles. The van der Waals surface area contributed by atoms with Crippen LogP contribution < -0.4 is 9.47 Å². The van der Waals surface area contributed by atoms with Gasteiger partial charge in [0.25, 0.3) is 0 Å². The van der Waals surface area contributed by atoms with Crippen LogP contribution in [0.3, 0.4) is 0 Å². The van der Waals surface area contributed by atoms with E-state index in [1.54, 1.807) is 0 Å². The van der Waals surface area contributed by atoms with E-state index < -0.39 is 24.1 Å². The first-order valence-electron chi connectivity index (χ1n) is 21.3. The highest BCUT2D eigenvalue weighted by Gasteiger charge is 2.48. The second kappa shape index (κ2) is 18.2. The Balaban J connectivity index is 1.21. The van der Waals surface area contributed by atoms with E-state index in [0.717, 1.165) is 11.5 Å². The molecule has 2 unspecified atom stereocenters. The zero-order valence-corrected chi connectivity index (χ0v) is 38.2. The molecule has 4 rings (SSSR count). The van der Waals surface area contributed by atoms with Crippen LogP contribution in [0, 0.1) is 0 Å². The Morgan fingerprint density at radius 3 is 1.10 bits per heavy atom. The lowest BCUT2D eigenvalue weighted by Crippen LogP contribution is -2.64. The summed E-state index contributed by atoms with van der Waals surface area (Å²) in [6, 6.07) is 16.1. The summed E-state index contributed by atoms with van der Waals surface area (Å²) in [6.45, 7) is 31.1. The Hall–Kier alpha value is -3.18. The van der Waals surface area contributed by atoms with Crippen molar-refractivity contribution in [2.75, 3.05) is 26.3 Å². The van der Waals surface area contributed by atoms with Gasteiger partial charge in [0.2, 0.25) is 0 Å². The molecular formula is C48H76N2O8. The molecular weight excluding hydrogens is 733 g/mol. The summed E-state index contributed by atoms with van der Waals surface area (Å²) in [5, 5.41) is 22.1. The van der Waals surface area contributed by atoms with Gasteiger partial charge in [0.05, 0.1) is 12.8 Å². The highest BCUT2D eigenvalue weighted by molar-refractivity contribution is 5.77. The van der Waals surface area contributed by atoms with Gasteiger partial charge in [-0.2, -0.15) is 0 Å². The molecule has 2 aromatic carbocycles. The normalized spacial score (nSPS) is 21.2. The van der Waals surface area contributed by atoms with Crippen molar-refractivity contribution < 1.29 is 38.7 Å². The van der Waals surface area contributed by atoms with E-state index in [4.69, 9.17) is 18.9 Å². The molecule has 10 heteroatoms. The summed E-state index contributed by atoms with van der Waals surface area (Å²) in [5.74, 6) is 0.630. The first-order valence-corrected chi connectivity index (χ1v) is 21.3. The lowest BCUT2D eigenvalue weighted by atomic mass is 9.77. The molecule has 0 amide bonds. The smallest absolute Gasteiger partial charge is 0.306 e. The fourth-order valence-corrected chi connectivity index (χ4v) is 9.32. The number of hydrogen-bond donors (Lipinski definition) is 2. The van der Waals surface area contributed by atoms with Gasteiger partial charge in [-0.25, -0.2) is 0 Å². The van der Waals surface area contributed by atoms with Gasteiger partial charge < -0.3 is 29.2 Å². The highest BCUT2D eigenvalue weighted by atomic mass is 16.6. The number of aliphatic hydroxyl groups is 2. The molecule has 0 aromatic heterocycles. The largest absolute Gasteiger partial charge is 0.491 e. The topological polar surface area (TPSA) is 118 Å². The van der Waals surface area contributed by atoms with Crippen molar-refractivity contribution >= 4 is 11.9 Å². The third-order valence-corrected chi connectivity index (χ3v) is 12.1. The molecule has 2 heterocycles. The minimum atomic E-state index is -0.706. The van der Waals surface area contributed by atoms with Gasteiger partial charge in [0.1, 0.15) is 49.1 Å². The molecule has 2 aliphatic heterocycles. The van der Waals surface area contributed by atoms with Gasteiger partial charge >= 0.3 is 11.9 Å². The first kappa shape index (κ1) is 47.5. The number of esters is 2. The van der Waals surface area contributed by atoms with E-state index in [9.17, 15) is 19.8 Å². The minimum absolute atomic E-state index is 0.0521. The maximum Gasteiger partial charge on any atom is 0.306 e. The number of carbonyl (C=O) groups is 2. The third-order valence-electron chi connectivity index (χ3n) is 12.1. The van der Waals surface area contributed by atoms with Gasteiger partial charge in [-0.3, -0.25) is 19.4 Å². The van der Waals surface area contributed by atoms with E-state index >= 15 is 0 Å². The van der Waals surface area contributed by atoms with Crippen molar-refractivity contribution in [3.63, 3.8) is 0 Å². The number of piperidine rings is 2. The Bertz CT molecular complexity index is 1490. The molecule has 0 spiro atoms. The van der Waals surface area contributed by atoms with Crippen molar-refractivity contribution in [1.29, 1.82) is 0 Å². The minimum Gasteiger partial charge on any atom is -0.491 e. The lowest BCUT2D eigenvalue weighted by molar-refractivity contribution is -0.169. The second-order valence-corrected chi connectivity index (χ2v) is 21.5. The van der Waals surface area contributed by atoms with Crippen LogP contribution in [0.4, 0.5) is 0 Å². The number of benzene rings is 2. The number of likely N-dealkylation sites (tertiary alicyclic amines) is 2. The van der Waals surface area contributed by atoms with Crippen LogP contribution in [0.5, 0.6) is 11.5 Å². The standard InChI is InChI=1S/C48H76N2O8/c1-43(2,3)33-15-19-37(20-16-33)55-31-35(51)29-49-45(7,8)25-39(26-46(49,9)10)57-41(53)23-24-42(54)58-40-27-47(11,12)50(48(13,14)28-40)30-36(52)32-56-38-21-17-34(18-22-38)44(4,5)6/h15-22,35-36,39-40,51-52H,23-32H2,1-14H3.